The summed E-state index contributed by atoms with van der Waals surface area (Å²) in [5, 5.41) is 3.74. The monoisotopic (exact) mass is 271 g/mol. The smallest absolute Gasteiger partial charge is 0.263 e. The summed E-state index contributed by atoms with van der Waals surface area (Å²) in [6.07, 6.45) is 1.68. The highest BCUT2D eigenvalue weighted by atomic mass is 32.1. The third kappa shape index (κ3) is 3.74. The van der Waals surface area contributed by atoms with Gasteiger partial charge in [0.25, 0.3) is 5.91 Å². The summed E-state index contributed by atoms with van der Waals surface area (Å²) in [6.45, 7) is 5.74. The van der Waals surface area contributed by atoms with E-state index in [1.54, 1.807) is 0 Å². The molecular formula is C11H17N3OS2. The van der Waals surface area contributed by atoms with Gasteiger partial charge in [0, 0.05) is 0 Å². The Morgan fingerprint density at radius 3 is 2.65 bits per heavy atom. The topological polar surface area (TPSA) is 68.0 Å². The second-order valence-corrected chi connectivity index (χ2v) is 5.54. The SMILES string of the molecule is CCCC(NC(=O)c1sc(C)nc1C)C(N)=S. The minimum atomic E-state index is -0.232. The summed E-state index contributed by atoms with van der Waals surface area (Å²) in [5.74, 6) is -0.139. The normalized spacial score (nSPS) is 12.2. The molecule has 0 aliphatic carbocycles. The first-order valence-corrected chi connectivity index (χ1v) is 6.72. The van der Waals surface area contributed by atoms with Gasteiger partial charge in [0.15, 0.2) is 0 Å². The molecule has 0 aliphatic rings. The number of carbonyl (C=O) groups is 1. The van der Waals surface area contributed by atoms with Crippen molar-refractivity contribution in [1.29, 1.82) is 0 Å². The summed E-state index contributed by atoms with van der Waals surface area (Å²) in [4.78, 5) is 17.2. The molecule has 0 aliphatic heterocycles. The number of rotatable bonds is 5. The first-order chi connectivity index (χ1) is 7.95. The molecule has 1 heterocycles. The third-order valence-electron chi connectivity index (χ3n) is 2.34. The van der Waals surface area contributed by atoms with Crippen molar-refractivity contribution in [2.45, 2.75) is 39.7 Å². The van der Waals surface area contributed by atoms with Gasteiger partial charge in [0.2, 0.25) is 0 Å². The lowest BCUT2D eigenvalue weighted by Crippen LogP contribution is -2.43. The third-order valence-corrected chi connectivity index (χ3v) is 3.69. The zero-order chi connectivity index (χ0) is 13.0. The highest BCUT2D eigenvalue weighted by molar-refractivity contribution is 7.80. The van der Waals surface area contributed by atoms with Crippen LogP contribution in [0.2, 0.25) is 0 Å². The number of amides is 1. The van der Waals surface area contributed by atoms with Gasteiger partial charge in [-0.2, -0.15) is 0 Å². The van der Waals surface area contributed by atoms with Crippen molar-refractivity contribution < 1.29 is 4.79 Å². The molecule has 0 bridgehead atoms. The zero-order valence-corrected chi connectivity index (χ0v) is 11.9. The molecule has 6 heteroatoms. The van der Waals surface area contributed by atoms with Gasteiger partial charge >= 0.3 is 0 Å². The largest absolute Gasteiger partial charge is 0.392 e. The van der Waals surface area contributed by atoms with Gasteiger partial charge in [-0.15, -0.1) is 11.3 Å². The van der Waals surface area contributed by atoms with Gasteiger partial charge < -0.3 is 11.1 Å². The van der Waals surface area contributed by atoms with E-state index in [9.17, 15) is 4.79 Å². The molecule has 0 saturated carbocycles. The molecule has 0 aromatic carbocycles. The number of nitrogens with two attached hydrogens (primary N) is 1. The Bertz CT molecular complexity index is 428. The molecule has 1 aromatic rings. The molecule has 3 N–H and O–H groups in total. The van der Waals surface area contributed by atoms with Crippen LogP contribution in [-0.4, -0.2) is 21.9 Å². The summed E-state index contributed by atoms with van der Waals surface area (Å²) >= 11 is 6.33. The molecule has 0 radical (unpaired) electrons. The van der Waals surface area contributed by atoms with E-state index in [0.29, 0.717) is 9.87 Å². The first kappa shape index (κ1) is 14.1. The van der Waals surface area contributed by atoms with Gasteiger partial charge in [0.1, 0.15) is 4.88 Å². The van der Waals surface area contributed by atoms with E-state index in [4.69, 9.17) is 18.0 Å². The number of carbonyl (C=O) groups excluding carboxylic acids is 1. The van der Waals surface area contributed by atoms with Crippen LogP contribution in [0.25, 0.3) is 0 Å². The molecular weight excluding hydrogens is 254 g/mol. The molecule has 4 nitrogen and oxygen atoms in total. The van der Waals surface area contributed by atoms with Crippen molar-refractivity contribution in [2.75, 3.05) is 0 Å². The maximum atomic E-state index is 12.0. The molecule has 1 rings (SSSR count). The van der Waals surface area contributed by atoms with Crippen LogP contribution in [0.5, 0.6) is 0 Å². The van der Waals surface area contributed by atoms with Crippen molar-refractivity contribution in [3.05, 3.63) is 15.6 Å². The number of hydrogen-bond acceptors (Lipinski definition) is 4. The number of aromatic nitrogens is 1. The van der Waals surface area contributed by atoms with E-state index < -0.39 is 0 Å². The van der Waals surface area contributed by atoms with E-state index >= 15 is 0 Å². The van der Waals surface area contributed by atoms with Crippen molar-refractivity contribution >= 4 is 34.5 Å². The van der Waals surface area contributed by atoms with E-state index in [2.05, 4.69) is 10.3 Å². The maximum Gasteiger partial charge on any atom is 0.263 e. The Labute approximate surface area is 111 Å². The number of nitrogens with zero attached hydrogens (tertiary/aromatic N) is 1. The van der Waals surface area contributed by atoms with Crippen molar-refractivity contribution in [3.8, 4) is 0 Å². The molecule has 0 spiro atoms. The standard InChI is InChI=1S/C11H17N3OS2/c1-4-5-8(10(12)16)14-11(15)9-6(2)13-7(3)17-9/h8H,4-5H2,1-3H3,(H2,12,16)(H,14,15). The van der Waals surface area contributed by atoms with Crippen LogP contribution >= 0.6 is 23.6 Å². The summed E-state index contributed by atoms with van der Waals surface area (Å²) in [5.41, 5.74) is 6.35. The van der Waals surface area contributed by atoms with Gasteiger partial charge in [-0.1, -0.05) is 25.6 Å². The highest BCUT2D eigenvalue weighted by Crippen LogP contribution is 2.17. The Morgan fingerprint density at radius 1 is 1.59 bits per heavy atom. The summed E-state index contributed by atoms with van der Waals surface area (Å²) in [7, 11) is 0. The lowest BCUT2D eigenvalue weighted by Gasteiger charge is -2.15. The quantitative estimate of drug-likeness (QED) is 0.803. The van der Waals surface area contributed by atoms with Crippen molar-refractivity contribution in [3.63, 3.8) is 0 Å². The van der Waals surface area contributed by atoms with Crippen LogP contribution in [-0.2, 0) is 0 Å². The fourth-order valence-electron chi connectivity index (χ4n) is 1.54. The average Bonchev–Trinajstić information content (AvgIpc) is 2.57. The second-order valence-electron chi connectivity index (χ2n) is 3.86. The minimum absolute atomic E-state index is 0.139. The maximum absolute atomic E-state index is 12.0. The summed E-state index contributed by atoms with van der Waals surface area (Å²) < 4.78 is 0. The fourth-order valence-corrected chi connectivity index (χ4v) is 2.54. The number of hydrogen-bond donors (Lipinski definition) is 2. The minimum Gasteiger partial charge on any atom is -0.392 e. The van der Waals surface area contributed by atoms with Crippen LogP contribution < -0.4 is 11.1 Å². The molecule has 1 amide bonds. The van der Waals surface area contributed by atoms with Crippen molar-refractivity contribution in [1.82, 2.24) is 10.3 Å². The molecule has 1 atom stereocenters. The number of thiocarbonyl (C=S) groups is 1. The number of thiazole rings is 1. The fraction of sp³-hybridized carbons (Fsp3) is 0.545. The van der Waals surface area contributed by atoms with E-state index in [-0.39, 0.29) is 11.9 Å². The van der Waals surface area contributed by atoms with Gasteiger partial charge in [-0.3, -0.25) is 4.79 Å². The molecule has 1 aromatic heterocycles. The number of aryl methyl sites for hydroxylation is 2. The Balaban J connectivity index is 2.77. The van der Waals surface area contributed by atoms with Gasteiger partial charge in [0.05, 0.1) is 21.7 Å². The zero-order valence-electron chi connectivity index (χ0n) is 10.2. The highest BCUT2D eigenvalue weighted by Gasteiger charge is 2.19. The van der Waals surface area contributed by atoms with Crippen LogP contribution in [0, 0.1) is 13.8 Å². The predicted molar refractivity (Wildman–Crippen MR) is 74.5 cm³/mol. The van der Waals surface area contributed by atoms with E-state index in [1.807, 2.05) is 20.8 Å². The molecule has 0 saturated heterocycles. The molecule has 17 heavy (non-hydrogen) atoms. The molecule has 94 valence electrons. The first-order valence-electron chi connectivity index (χ1n) is 5.50. The Kier molecular flexibility index (Phi) is 5.02. The van der Waals surface area contributed by atoms with Crippen molar-refractivity contribution in [2.24, 2.45) is 5.73 Å². The van der Waals surface area contributed by atoms with Crippen LogP contribution in [0.4, 0.5) is 0 Å². The Hall–Kier alpha value is -1.01. The van der Waals surface area contributed by atoms with Crippen LogP contribution in [0.1, 0.15) is 40.1 Å². The van der Waals surface area contributed by atoms with Crippen LogP contribution in [0.15, 0.2) is 0 Å². The Morgan fingerprint density at radius 2 is 2.24 bits per heavy atom. The van der Waals surface area contributed by atoms with E-state index in [1.165, 1.54) is 11.3 Å². The summed E-state index contributed by atoms with van der Waals surface area (Å²) in [6, 6.07) is -0.232. The predicted octanol–water partition coefficient (Wildman–Crippen LogP) is 1.94. The second kappa shape index (κ2) is 6.07. The number of nitrogens with one attached hydrogen (secondary N) is 1. The molecule has 0 fully saturated rings. The van der Waals surface area contributed by atoms with Gasteiger partial charge in [-0.25, -0.2) is 4.98 Å². The average molecular weight is 271 g/mol. The lowest BCUT2D eigenvalue weighted by atomic mass is 10.1. The lowest BCUT2D eigenvalue weighted by molar-refractivity contribution is 0.0949. The molecule has 1 unspecified atom stereocenters. The van der Waals surface area contributed by atoms with Gasteiger partial charge in [-0.05, 0) is 20.3 Å². The van der Waals surface area contributed by atoms with E-state index in [0.717, 1.165) is 23.5 Å². The van der Waals surface area contributed by atoms with Crippen LogP contribution in [0.3, 0.4) is 0 Å².